The molecule has 7 aromatic heterocycles. The second kappa shape index (κ2) is 41.3. The summed E-state index contributed by atoms with van der Waals surface area (Å²) in [6.45, 7) is 21.5. The van der Waals surface area contributed by atoms with Crippen molar-refractivity contribution in [2.45, 2.75) is 140 Å². The molecule has 3 unspecified atom stereocenters. The summed E-state index contributed by atoms with van der Waals surface area (Å²) < 4.78 is 5.29. The molecule has 6 amide bonds. The molecule has 19 rings (SSSR count). The van der Waals surface area contributed by atoms with Gasteiger partial charge in [-0.1, -0.05) is 167 Å². The number of carbonyl (C=O) groups excluding carboxylic acids is 6. The number of halogens is 1. The molecule has 2 saturated heterocycles. The fourth-order valence-electron chi connectivity index (χ4n) is 18.2. The van der Waals surface area contributed by atoms with Crippen LogP contribution in [0.1, 0.15) is 166 Å². The van der Waals surface area contributed by atoms with Gasteiger partial charge >= 0.3 is 0 Å². The molecule has 0 radical (unpaired) electrons. The Hall–Kier alpha value is -15.7. The van der Waals surface area contributed by atoms with E-state index in [1.807, 2.05) is 184 Å². The number of aromatic nitrogens is 6. The number of benzene rings is 6. The minimum Gasteiger partial charge on any atom is -0.495 e. The number of likely N-dealkylation sites (N-methyl/N-ethyl adjacent to an activating group) is 3. The Balaban J connectivity index is 0.000000134. The summed E-state index contributed by atoms with van der Waals surface area (Å²) in [6.07, 6.45) is 17.8. The van der Waals surface area contributed by atoms with Crippen LogP contribution in [0.5, 0.6) is 5.75 Å². The van der Waals surface area contributed by atoms with E-state index in [4.69, 9.17) is 49.3 Å². The lowest BCUT2D eigenvalue weighted by atomic mass is 9.74. The molecule has 2 fully saturated rings. The smallest absolute Gasteiger partial charge is 0.261 e. The molecular formula is C109H113ClN22O7S. The number of hydrogen-bond acceptors (Lipinski definition) is 23. The third-order valence-electron chi connectivity index (χ3n) is 26.5. The zero-order valence-electron chi connectivity index (χ0n) is 80.9. The maximum atomic E-state index is 13.6. The second-order valence-corrected chi connectivity index (χ2v) is 38.2. The summed E-state index contributed by atoms with van der Waals surface area (Å²) in [7, 11) is 8.21. The summed E-state index contributed by atoms with van der Waals surface area (Å²) in [6, 6.07) is 63.8. The molecule has 6 aliphatic heterocycles. The van der Waals surface area contributed by atoms with E-state index in [2.05, 4.69) is 143 Å². The first-order valence-electron chi connectivity index (χ1n) is 45.9. The lowest BCUT2D eigenvalue weighted by Crippen LogP contribution is -2.57. The number of thiophene rings is 1. The molecule has 10 N–H and O–H groups in total. The number of methoxy groups -OCH3 is 1. The predicted octanol–water partition coefficient (Wildman–Crippen LogP) is 15.8. The van der Waals surface area contributed by atoms with E-state index in [1.165, 1.54) is 30.7 Å². The molecule has 714 valence electrons. The SMILES string of the molecule is CC#Cc1cncc(-c2csc([C@]3(C)CC(=O)NC(=NC)N3)c2)c1.CC(C)c1ccc([C@@H]2C(=O)N(C)C(N)=N[C@]2(C)c2ccc3ncccc3c2)cc1.CC(C)c1ccc([C@H]2C(=O)N(C)C(N)=N[C@]2(C)c2ccc3ncccc3c2)cc1.CN1C(=O)C(C)(c2cncc(-c3cncc(Cl)c3)c2)N=C1N.COc1cncc(-c2cccc(C3(C)N=C(N)N(CC4CC(=O)N(Cc5ccccc5)C4)C3=O)c2)c1. The highest BCUT2D eigenvalue weighted by atomic mass is 35.5. The van der Waals surface area contributed by atoms with Crippen LogP contribution in [0.2, 0.25) is 5.02 Å². The van der Waals surface area contributed by atoms with Gasteiger partial charge < -0.3 is 37.9 Å². The van der Waals surface area contributed by atoms with Gasteiger partial charge in [0.2, 0.25) is 23.6 Å². The van der Waals surface area contributed by atoms with Crippen molar-refractivity contribution in [2.75, 3.05) is 48.4 Å². The highest BCUT2D eigenvalue weighted by molar-refractivity contribution is 7.10. The van der Waals surface area contributed by atoms with E-state index < -0.39 is 39.5 Å². The van der Waals surface area contributed by atoms with Crippen LogP contribution in [0.4, 0.5) is 0 Å². The summed E-state index contributed by atoms with van der Waals surface area (Å²) in [5.74, 6) is 7.44. The van der Waals surface area contributed by atoms with Crippen LogP contribution < -0.4 is 38.3 Å². The van der Waals surface area contributed by atoms with Crippen LogP contribution in [0.3, 0.4) is 0 Å². The number of rotatable bonds is 17. The molecule has 13 heterocycles. The van der Waals surface area contributed by atoms with Crippen molar-refractivity contribution in [3.8, 4) is 51.0 Å². The van der Waals surface area contributed by atoms with Crippen molar-refractivity contribution in [3.05, 3.63) is 327 Å². The van der Waals surface area contributed by atoms with Crippen LogP contribution >= 0.6 is 22.9 Å². The van der Waals surface area contributed by atoms with Gasteiger partial charge in [0.05, 0.1) is 53.2 Å². The number of fused-ring (bicyclic) bond motifs is 2. The largest absolute Gasteiger partial charge is 0.495 e. The number of carbonyl (C=O) groups is 6. The number of nitrogens with two attached hydrogens (primary N) is 4. The second-order valence-electron chi connectivity index (χ2n) is 36.9. The highest BCUT2D eigenvalue weighted by Gasteiger charge is 2.51. The van der Waals surface area contributed by atoms with E-state index >= 15 is 0 Å². The van der Waals surface area contributed by atoms with Gasteiger partial charge in [-0.15, -0.1) is 17.3 Å². The topological polar surface area (TPSA) is 395 Å². The van der Waals surface area contributed by atoms with Crippen LogP contribution in [0.15, 0.2) is 286 Å². The number of aliphatic imine (C=N–C) groups is 5. The van der Waals surface area contributed by atoms with Gasteiger partial charge in [0.25, 0.3) is 11.8 Å². The average molecular weight is 1910 g/mol. The molecule has 140 heavy (non-hydrogen) atoms. The molecule has 29 nitrogen and oxygen atoms in total. The van der Waals surface area contributed by atoms with E-state index in [1.54, 1.807) is 122 Å². The fourth-order valence-corrected chi connectivity index (χ4v) is 19.4. The summed E-state index contributed by atoms with van der Waals surface area (Å²) in [5.41, 5.74) is 37.0. The third-order valence-corrected chi connectivity index (χ3v) is 27.9. The van der Waals surface area contributed by atoms with Crippen LogP contribution in [-0.2, 0) is 63.0 Å². The van der Waals surface area contributed by atoms with Crippen LogP contribution in [0, 0.1) is 17.8 Å². The van der Waals surface area contributed by atoms with Gasteiger partial charge in [-0.3, -0.25) is 88.6 Å². The Morgan fingerprint density at radius 1 is 0.529 bits per heavy atom. The maximum absolute atomic E-state index is 13.6. The van der Waals surface area contributed by atoms with E-state index in [0.717, 1.165) is 99.0 Å². The quantitative estimate of drug-likeness (QED) is 0.0461. The molecule has 13 aromatic rings. The number of hydrogen-bond donors (Lipinski definition) is 6. The number of amides is 6. The monoisotopic (exact) mass is 1910 g/mol. The highest BCUT2D eigenvalue weighted by Crippen LogP contribution is 2.48. The number of guanidine groups is 5. The summed E-state index contributed by atoms with van der Waals surface area (Å²) >= 11 is 7.59. The van der Waals surface area contributed by atoms with Crippen molar-refractivity contribution in [3.63, 3.8) is 0 Å². The molecule has 8 atom stereocenters. The molecule has 6 aromatic carbocycles. The first-order valence-corrected chi connectivity index (χ1v) is 47.2. The van der Waals surface area contributed by atoms with Crippen molar-refractivity contribution < 1.29 is 33.5 Å². The van der Waals surface area contributed by atoms with Crippen LogP contribution in [0.25, 0.3) is 55.2 Å². The van der Waals surface area contributed by atoms with Gasteiger partial charge in [-0.25, -0.2) is 20.0 Å². The Kier molecular flexibility index (Phi) is 29.1. The Morgan fingerprint density at radius 3 is 1.61 bits per heavy atom. The number of ether oxygens (including phenoxy) is 1. The lowest BCUT2D eigenvalue weighted by Gasteiger charge is -2.41. The number of nitrogens with one attached hydrogen (secondary N) is 2. The molecule has 0 bridgehead atoms. The zero-order chi connectivity index (χ0) is 99.9. The first-order chi connectivity index (χ1) is 66.9. The molecular weight excluding hydrogens is 1800 g/mol. The molecule has 0 aliphatic carbocycles. The van der Waals surface area contributed by atoms with Crippen molar-refractivity contribution in [1.82, 2.24) is 65.0 Å². The van der Waals surface area contributed by atoms with Gasteiger partial charge in [0.15, 0.2) is 40.9 Å². The Morgan fingerprint density at radius 2 is 1.06 bits per heavy atom. The third kappa shape index (κ3) is 20.8. The van der Waals surface area contributed by atoms with Gasteiger partial charge in [0.1, 0.15) is 16.8 Å². The van der Waals surface area contributed by atoms with E-state index in [-0.39, 0.29) is 65.2 Å². The number of pyridine rings is 6. The maximum Gasteiger partial charge on any atom is 0.261 e. The Labute approximate surface area is 823 Å². The van der Waals surface area contributed by atoms with Crippen LogP contribution in [-0.4, -0.2) is 168 Å². The van der Waals surface area contributed by atoms with E-state index in [0.29, 0.717) is 66.6 Å². The van der Waals surface area contributed by atoms with Crippen molar-refractivity contribution >= 4 is 110 Å². The van der Waals surface area contributed by atoms with Crippen molar-refractivity contribution in [1.29, 1.82) is 0 Å². The first kappa shape index (κ1) is 98.8. The number of likely N-dealkylation sites (tertiary alicyclic amines) is 1. The van der Waals surface area contributed by atoms with Gasteiger partial charge in [-0.05, 0) is 187 Å². The molecule has 0 saturated carbocycles. The summed E-state index contributed by atoms with van der Waals surface area (Å²) in [4.78, 5) is 134. The van der Waals surface area contributed by atoms with E-state index in [9.17, 15) is 28.8 Å². The minimum absolute atomic E-state index is 0.00421. The normalized spacial score (nSPS) is 21.8. The Bertz CT molecular complexity index is 6960. The zero-order valence-corrected chi connectivity index (χ0v) is 82.4. The molecule has 31 heteroatoms. The lowest BCUT2D eigenvalue weighted by molar-refractivity contribution is -0.132. The van der Waals surface area contributed by atoms with Gasteiger partial charge in [0, 0.05) is 165 Å². The van der Waals surface area contributed by atoms with Crippen molar-refractivity contribution in [2.24, 2.45) is 53.8 Å². The average Bonchev–Trinajstić information content (AvgIpc) is 1.14. The standard InChI is InChI=1S/C28H29N5O3.2C24H26N4O.C18H18N4OS.C15H14ClN5O/c1-28(23-10-6-9-21(12-23)22-13-24(36-2)15-30-14-22)26(35)33(27(29)31-28)18-20-11-25(34)32(17-20)16-19-7-4-3-5-8-19;2*1-15(2)16-7-9-17(10-8-16)21-22(29)28(4)23(25)27-24(21,3)19-11-12-20-18(14-19)6-5-13-26-20;1-4-5-12-6-13(10-20-9-12)14-7-15(24-11-14)18(2)8-16(23)21-17(19-3)22-18;1-15(13(22)21(2)14(17)20-15)11-3-9(5-18-7-11)10-4-12(16)8-19-6-10/h3-10,12-15,20H,11,16-18H2,1-2H3,(H2,29,31);2*5-15,21H,1-4H3,(H2,25,27);6-7,9-11H,8H2,1-3H3,(H2,19,21,22,23);3-8H,1-2H3,(H2,17,20)/t;21-,24+;21-,24-;18-;/m.010./s1. The summed E-state index contributed by atoms with van der Waals surface area (Å²) in [5, 5.41) is 10.7. The van der Waals surface area contributed by atoms with Gasteiger partial charge in [-0.2, -0.15) is 0 Å². The minimum atomic E-state index is -1.14. The molecule has 6 aliphatic rings. The predicted molar refractivity (Wildman–Crippen MR) is 551 cm³/mol. The molecule has 0 spiro atoms. The number of nitrogens with zero attached hydrogens (tertiary/aromatic N) is 16. The fraction of sp³-hybridized carbons (Fsp3) is 0.275.